The third-order valence-corrected chi connectivity index (χ3v) is 2.46. The maximum atomic E-state index is 9.71. The monoisotopic (exact) mass is 231 g/mol. The lowest BCUT2D eigenvalue weighted by atomic mass is 10.0. The van der Waals surface area contributed by atoms with E-state index in [1.54, 1.807) is 12.1 Å². The van der Waals surface area contributed by atoms with Crippen LogP contribution in [0.25, 0.3) is 0 Å². The van der Waals surface area contributed by atoms with Crippen molar-refractivity contribution in [3.63, 3.8) is 0 Å². The number of nitrogen functional groups attached to an aromatic ring is 1. The Balaban J connectivity index is 2.86. The molecule has 0 saturated heterocycles. The molecule has 84 valence electrons. The molecule has 4 nitrogen and oxygen atoms in total. The highest BCUT2D eigenvalue weighted by atomic mass is 35.5. The lowest BCUT2D eigenvalue weighted by molar-refractivity contribution is 0.00427. The first-order chi connectivity index (χ1) is 7.06. The van der Waals surface area contributed by atoms with Gasteiger partial charge in [0.15, 0.2) is 0 Å². The minimum atomic E-state index is -1.11. The Labute approximate surface area is 92.9 Å². The highest BCUT2D eigenvalue weighted by Crippen LogP contribution is 2.27. The second-order valence-electron chi connectivity index (χ2n) is 3.31. The number of aliphatic hydroxyl groups is 3. The average Bonchev–Trinajstić information content (AvgIpc) is 2.17. The van der Waals surface area contributed by atoms with Crippen LogP contribution in [0.3, 0.4) is 0 Å². The third kappa shape index (κ3) is 3.07. The van der Waals surface area contributed by atoms with Gasteiger partial charge in [-0.2, -0.15) is 0 Å². The fourth-order valence-electron chi connectivity index (χ4n) is 1.28. The Morgan fingerprint density at radius 1 is 1.33 bits per heavy atom. The summed E-state index contributed by atoms with van der Waals surface area (Å²) < 4.78 is 0. The van der Waals surface area contributed by atoms with Crippen molar-refractivity contribution in [2.75, 3.05) is 12.3 Å². The van der Waals surface area contributed by atoms with Gasteiger partial charge in [0.2, 0.25) is 0 Å². The summed E-state index contributed by atoms with van der Waals surface area (Å²) in [6.45, 7) is -0.190. The molecule has 0 aliphatic carbocycles. The number of aliphatic hydroxyl groups excluding tert-OH is 3. The van der Waals surface area contributed by atoms with Crippen molar-refractivity contribution in [1.29, 1.82) is 0 Å². The number of nitrogens with two attached hydrogens (primary N) is 1. The van der Waals surface area contributed by atoms with E-state index >= 15 is 0 Å². The smallest absolute Gasteiger partial charge is 0.106 e. The van der Waals surface area contributed by atoms with Gasteiger partial charge < -0.3 is 21.1 Å². The quantitative estimate of drug-likeness (QED) is 0.575. The highest BCUT2D eigenvalue weighted by Gasteiger charge is 2.20. The van der Waals surface area contributed by atoms with Gasteiger partial charge in [0.05, 0.1) is 6.10 Å². The predicted molar refractivity (Wildman–Crippen MR) is 58.5 cm³/mol. The molecule has 5 heteroatoms. The summed E-state index contributed by atoms with van der Waals surface area (Å²) in [5, 5.41) is 28.1. The fourth-order valence-corrected chi connectivity index (χ4v) is 1.58. The first-order valence-electron chi connectivity index (χ1n) is 4.58. The summed E-state index contributed by atoms with van der Waals surface area (Å²) in [6, 6.07) is 4.66. The van der Waals surface area contributed by atoms with Gasteiger partial charge in [-0.05, 0) is 18.6 Å². The molecule has 0 heterocycles. The molecular weight excluding hydrogens is 218 g/mol. The topological polar surface area (TPSA) is 86.7 Å². The van der Waals surface area contributed by atoms with E-state index in [4.69, 9.17) is 22.4 Å². The molecule has 1 aromatic rings. The molecule has 1 rings (SSSR count). The summed E-state index contributed by atoms with van der Waals surface area (Å²) in [5.41, 5.74) is 6.40. The zero-order chi connectivity index (χ0) is 11.4. The minimum absolute atomic E-state index is 0.0991. The van der Waals surface area contributed by atoms with E-state index in [9.17, 15) is 10.2 Å². The van der Waals surface area contributed by atoms with E-state index in [2.05, 4.69) is 0 Å². The van der Waals surface area contributed by atoms with Gasteiger partial charge >= 0.3 is 0 Å². The number of benzene rings is 1. The number of halogens is 1. The molecule has 0 fully saturated rings. The van der Waals surface area contributed by atoms with Crippen LogP contribution in [0.15, 0.2) is 18.2 Å². The molecular formula is C10H14ClNO3. The largest absolute Gasteiger partial charge is 0.399 e. The van der Waals surface area contributed by atoms with Crippen molar-refractivity contribution in [2.24, 2.45) is 0 Å². The van der Waals surface area contributed by atoms with Gasteiger partial charge in [0.1, 0.15) is 6.10 Å². The lowest BCUT2D eigenvalue weighted by Gasteiger charge is -2.18. The van der Waals surface area contributed by atoms with Crippen LogP contribution in [-0.2, 0) is 0 Å². The van der Waals surface area contributed by atoms with Crippen LogP contribution in [0.5, 0.6) is 0 Å². The molecule has 0 radical (unpaired) electrons. The van der Waals surface area contributed by atoms with Gasteiger partial charge in [-0.1, -0.05) is 17.7 Å². The second-order valence-corrected chi connectivity index (χ2v) is 3.71. The van der Waals surface area contributed by atoms with Crippen molar-refractivity contribution in [2.45, 2.75) is 18.6 Å². The number of hydrogen-bond donors (Lipinski definition) is 4. The number of anilines is 1. The van der Waals surface area contributed by atoms with Crippen molar-refractivity contribution in [3.8, 4) is 0 Å². The van der Waals surface area contributed by atoms with Crippen LogP contribution in [0.2, 0.25) is 5.02 Å². The number of rotatable bonds is 4. The second kappa shape index (κ2) is 5.32. The SMILES string of the molecule is Nc1ccc(C(O)C(O)CCO)c(Cl)c1. The normalized spacial score (nSPS) is 14.9. The Hall–Kier alpha value is -0.810. The predicted octanol–water partition coefficient (Wildman–Crippen LogP) is 0.699. The van der Waals surface area contributed by atoms with Gasteiger partial charge in [0.25, 0.3) is 0 Å². The van der Waals surface area contributed by atoms with Gasteiger partial charge in [-0.15, -0.1) is 0 Å². The Bertz CT molecular complexity index is 332. The molecule has 0 amide bonds. The summed E-state index contributed by atoms with van der Waals surface area (Å²) in [7, 11) is 0. The Kier molecular flexibility index (Phi) is 4.35. The summed E-state index contributed by atoms with van der Waals surface area (Å²) in [5.74, 6) is 0. The van der Waals surface area contributed by atoms with Gasteiger partial charge in [-0.3, -0.25) is 0 Å². The van der Waals surface area contributed by atoms with E-state index in [-0.39, 0.29) is 13.0 Å². The van der Waals surface area contributed by atoms with E-state index in [0.29, 0.717) is 16.3 Å². The zero-order valence-electron chi connectivity index (χ0n) is 8.10. The molecule has 1 aromatic carbocycles. The molecule has 0 aromatic heterocycles. The maximum Gasteiger partial charge on any atom is 0.106 e. The molecule has 2 atom stereocenters. The summed E-state index contributed by atoms with van der Waals surface area (Å²) in [6.07, 6.45) is -2.04. The molecule has 0 bridgehead atoms. The van der Waals surface area contributed by atoms with Crippen LogP contribution in [-0.4, -0.2) is 28.0 Å². The van der Waals surface area contributed by atoms with E-state index < -0.39 is 12.2 Å². The molecule has 0 saturated carbocycles. The molecule has 15 heavy (non-hydrogen) atoms. The van der Waals surface area contributed by atoms with Crippen molar-refractivity contribution in [3.05, 3.63) is 28.8 Å². The van der Waals surface area contributed by atoms with Crippen molar-refractivity contribution < 1.29 is 15.3 Å². The van der Waals surface area contributed by atoms with Crippen LogP contribution in [0, 0.1) is 0 Å². The maximum absolute atomic E-state index is 9.71. The molecule has 0 spiro atoms. The molecule has 0 aliphatic heterocycles. The first-order valence-corrected chi connectivity index (χ1v) is 4.96. The fraction of sp³-hybridized carbons (Fsp3) is 0.400. The molecule has 5 N–H and O–H groups in total. The van der Waals surface area contributed by atoms with Crippen LogP contribution in [0.1, 0.15) is 18.1 Å². The molecule has 0 aliphatic rings. The minimum Gasteiger partial charge on any atom is -0.399 e. The summed E-state index contributed by atoms with van der Waals surface area (Å²) >= 11 is 5.86. The summed E-state index contributed by atoms with van der Waals surface area (Å²) in [4.78, 5) is 0. The first kappa shape index (κ1) is 12.3. The van der Waals surface area contributed by atoms with Crippen LogP contribution < -0.4 is 5.73 Å². The third-order valence-electron chi connectivity index (χ3n) is 2.13. The zero-order valence-corrected chi connectivity index (χ0v) is 8.85. The van der Waals surface area contributed by atoms with E-state index in [0.717, 1.165) is 0 Å². The van der Waals surface area contributed by atoms with E-state index in [1.807, 2.05) is 0 Å². The van der Waals surface area contributed by atoms with Gasteiger partial charge in [0, 0.05) is 22.9 Å². The Morgan fingerprint density at radius 2 is 2.00 bits per heavy atom. The van der Waals surface area contributed by atoms with Crippen molar-refractivity contribution in [1.82, 2.24) is 0 Å². The van der Waals surface area contributed by atoms with Crippen molar-refractivity contribution >= 4 is 17.3 Å². The number of hydrogen-bond acceptors (Lipinski definition) is 4. The van der Waals surface area contributed by atoms with Gasteiger partial charge in [-0.25, -0.2) is 0 Å². The lowest BCUT2D eigenvalue weighted by Crippen LogP contribution is -2.19. The average molecular weight is 232 g/mol. The van der Waals surface area contributed by atoms with Crippen LogP contribution in [0.4, 0.5) is 5.69 Å². The highest BCUT2D eigenvalue weighted by molar-refractivity contribution is 6.31. The van der Waals surface area contributed by atoms with Crippen LogP contribution >= 0.6 is 11.6 Å². The molecule has 2 unspecified atom stereocenters. The van der Waals surface area contributed by atoms with E-state index in [1.165, 1.54) is 6.07 Å². The standard InChI is InChI=1S/C10H14ClNO3/c11-8-5-6(12)1-2-7(8)10(15)9(14)3-4-13/h1-2,5,9-10,13-15H,3-4,12H2. The Morgan fingerprint density at radius 3 is 2.53 bits per heavy atom.